The van der Waals surface area contributed by atoms with Gasteiger partial charge in [-0.1, -0.05) is 13.8 Å². The highest BCUT2D eigenvalue weighted by atomic mass is 35.5. The number of aliphatic hydroxyl groups is 1. The Balaban J connectivity index is 0. The predicted octanol–water partition coefficient (Wildman–Crippen LogP) is 1.90. The SMILES string of the molecule is CC.COCCC(CO)CCl. The zero-order chi connectivity index (χ0) is 9.11. The molecule has 1 unspecified atom stereocenters. The van der Waals surface area contributed by atoms with Gasteiger partial charge in [-0.3, -0.25) is 0 Å². The summed E-state index contributed by atoms with van der Waals surface area (Å²) in [5, 5.41) is 8.61. The average Bonchev–Trinajstić information content (AvgIpc) is 2.10. The van der Waals surface area contributed by atoms with Crippen LogP contribution >= 0.6 is 11.6 Å². The van der Waals surface area contributed by atoms with E-state index in [0.717, 1.165) is 6.42 Å². The van der Waals surface area contributed by atoms with E-state index in [1.807, 2.05) is 13.8 Å². The number of hydrogen-bond donors (Lipinski definition) is 1. The van der Waals surface area contributed by atoms with Gasteiger partial charge in [0.15, 0.2) is 0 Å². The summed E-state index contributed by atoms with van der Waals surface area (Å²) in [6, 6.07) is 0. The Hall–Kier alpha value is 0.210. The number of rotatable bonds is 5. The van der Waals surface area contributed by atoms with Crippen LogP contribution in [0.15, 0.2) is 0 Å². The first-order valence-electron chi connectivity index (χ1n) is 4.01. The van der Waals surface area contributed by atoms with E-state index in [1.54, 1.807) is 7.11 Å². The third kappa shape index (κ3) is 10.2. The van der Waals surface area contributed by atoms with Gasteiger partial charge in [0.1, 0.15) is 0 Å². The molecule has 0 spiro atoms. The molecule has 0 aliphatic carbocycles. The van der Waals surface area contributed by atoms with E-state index in [9.17, 15) is 0 Å². The van der Waals surface area contributed by atoms with Crippen LogP contribution in [-0.2, 0) is 4.74 Å². The Labute approximate surface area is 74.5 Å². The molecule has 1 atom stereocenters. The van der Waals surface area contributed by atoms with E-state index >= 15 is 0 Å². The molecule has 0 rings (SSSR count). The molecule has 0 heterocycles. The fourth-order valence-corrected chi connectivity index (χ4v) is 0.754. The van der Waals surface area contributed by atoms with Crippen LogP contribution in [0, 0.1) is 5.92 Å². The lowest BCUT2D eigenvalue weighted by molar-refractivity contribution is 0.155. The van der Waals surface area contributed by atoms with E-state index in [0.29, 0.717) is 12.5 Å². The monoisotopic (exact) mass is 182 g/mol. The highest BCUT2D eigenvalue weighted by molar-refractivity contribution is 6.18. The Bertz CT molecular complexity index is 56.1. The fraction of sp³-hybridized carbons (Fsp3) is 1.00. The van der Waals surface area contributed by atoms with Gasteiger partial charge in [0.25, 0.3) is 0 Å². The summed E-state index contributed by atoms with van der Waals surface area (Å²) in [6.07, 6.45) is 0.844. The molecular weight excluding hydrogens is 164 g/mol. The average molecular weight is 183 g/mol. The van der Waals surface area contributed by atoms with Crippen LogP contribution in [0.4, 0.5) is 0 Å². The van der Waals surface area contributed by atoms with Crippen LogP contribution in [0.3, 0.4) is 0 Å². The third-order valence-corrected chi connectivity index (χ3v) is 1.64. The van der Waals surface area contributed by atoms with Gasteiger partial charge in [-0.25, -0.2) is 0 Å². The number of methoxy groups -OCH3 is 1. The van der Waals surface area contributed by atoms with Gasteiger partial charge in [-0.15, -0.1) is 11.6 Å². The summed E-state index contributed by atoms with van der Waals surface area (Å²) >= 11 is 5.49. The number of hydrogen-bond acceptors (Lipinski definition) is 2. The molecule has 0 saturated heterocycles. The molecule has 0 aliphatic rings. The van der Waals surface area contributed by atoms with Crippen LogP contribution in [0.2, 0.25) is 0 Å². The second kappa shape index (κ2) is 12.8. The van der Waals surface area contributed by atoms with Crippen molar-refractivity contribution >= 4 is 11.6 Å². The van der Waals surface area contributed by atoms with Crippen LogP contribution in [0.25, 0.3) is 0 Å². The molecule has 0 radical (unpaired) electrons. The topological polar surface area (TPSA) is 29.5 Å². The highest BCUT2D eigenvalue weighted by Crippen LogP contribution is 2.03. The summed E-state index contributed by atoms with van der Waals surface area (Å²) in [5.41, 5.74) is 0. The normalized spacial score (nSPS) is 11.7. The summed E-state index contributed by atoms with van der Waals surface area (Å²) < 4.78 is 4.81. The van der Waals surface area contributed by atoms with E-state index in [2.05, 4.69) is 0 Å². The van der Waals surface area contributed by atoms with Crippen LogP contribution in [0.5, 0.6) is 0 Å². The van der Waals surface area contributed by atoms with Crippen LogP contribution in [-0.4, -0.2) is 31.3 Å². The van der Waals surface area contributed by atoms with Crippen molar-refractivity contribution in [2.45, 2.75) is 20.3 Å². The zero-order valence-corrected chi connectivity index (χ0v) is 8.40. The van der Waals surface area contributed by atoms with E-state index in [4.69, 9.17) is 21.4 Å². The number of alkyl halides is 1. The zero-order valence-electron chi connectivity index (χ0n) is 7.64. The summed E-state index contributed by atoms with van der Waals surface area (Å²) in [7, 11) is 1.64. The standard InChI is InChI=1S/C6H13ClO2.C2H6/c1-9-3-2-6(4-7)5-8;1-2/h6,8H,2-5H2,1H3;1-2H3. The third-order valence-electron chi connectivity index (χ3n) is 1.21. The quantitative estimate of drug-likeness (QED) is 0.659. The minimum atomic E-state index is 0.160. The second-order valence-electron chi connectivity index (χ2n) is 1.98. The van der Waals surface area contributed by atoms with Crippen molar-refractivity contribution in [3.8, 4) is 0 Å². The second-order valence-corrected chi connectivity index (χ2v) is 2.29. The molecule has 11 heavy (non-hydrogen) atoms. The summed E-state index contributed by atoms with van der Waals surface area (Å²) in [6.45, 7) is 4.84. The number of halogens is 1. The molecule has 0 bridgehead atoms. The van der Waals surface area contributed by atoms with Crippen LogP contribution in [0.1, 0.15) is 20.3 Å². The molecule has 0 aromatic heterocycles. The summed E-state index contributed by atoms with van der Waals surface area (Å²) in [5.74, 6) is 0.714. The molecule has 0 saturated carbocycles. The molecule has 0 aliphatic heterocycles. The number of aliphatic hydroxyl groups excluding tert-OH is 1. The summed E-state index contributed by atoms with van der Waals surface area (Å²) in [4.78, 5) is 0. The van der Waals surface area contributed by atoms with Crippen molar-refractivity contribution in [3.05, 3.63) is 0 Å². The van der Waals surface area contributed by atoms with Crippen molar-refractivity contribution in [3.63, 3.8) is 0 Å². The van der Waals surface area contributed by atoms with Gasteiger partial charge in [0, 0.05) is 26.2 Å². The molecule has 0 fully saturated rings. The van der Waals surface area contributed by atoms with Crippen molar-refractivity contribution in [2.75, 3.05) is 26.2 Å². The lowest BCUT2D eigenvalue weighted by Crippen LogP contribution is -2.10. The van der Waals surface area contributed by atoms with E-state index < -0.39 is 0 Å². The molecule has 70 valence electrons. The van der Waals surface area contributed by atoms with Gasteiger partial charge in [0.2, 0.25) is 0 Å². The van der Waals surface area contributed by atoms with Gasteiger partial charge >= 0.3 is 0 Å². The first kappa shape index (κ1) is 13.8. The van der Waals surface area contributed by atoms with Crippen molar-refractivity contribution in [1.29, 1.82) is 0 Å². The van der Waals surface area contributed by atoms with Crippen LogP contribution < -0.4 is 0 Å². The molecule has 3 heteroatoms. The first-order chi connectivity index (χ1) is 5.35. The first-order valence-corrected chi connectivity index (χ1v) is 4.54. The minimum Gasteiger partial charge on any atom is -0.396 e. The molecule has 1 N–H and O–H groups in total. The van der Waals surface area contributed by atoms with Gasteiger partial charge in [0.05, 0.1) is 0 Å². The van der Waals surface area contributed by atoms with Crippen molar-refractivity contribution < 1.29 is 9.84 Å². The Morgan fingerprint density at radius 2 is 2.00 bits per heavy atom. The van der Waals surface area contributed by atoms with Crippen molar-refractivity contribution in [1.82, 2.24) is 0 Å². The van der Waals surface area contributed by atoms with Gasteiger partial charge in [-0.2, -0.15) is 0 Å². The van der Waals surface area contributed by atoms with E-state index in [-0.39, 0.29) is 12.5 Å². The molecule has 0 amide bonds. The van der Waals surface area contributed by atoms with Gasteiger partial charge in [-0.05, 0) is 12.3 Å². The van der Waals surface area contributed by atoms with Gasteiger partial charge < -0.3 is 9.84 Å². The van der Waals surface area contributed by atoms with E-state index in [1.165, 1.54) is 0 Å². The molecular formula is C8H19ClO2. The maximum absolute atomic E-state index is 8.61. The smallest absolute Gasteiger partial charge is 0.0471 e. The minimum absolute atomic E-state index is 0.160. The Morgan fingerprint density at radius 1 is 1.45 bits per heavy atom. The number of ether oxygens (including phenoxy) is 1. The molecule has 2 nitrogen and oxygen atoms in total. The molecule has 0 aromatic carbocycles. The lowest BCUT2D eigenvalue weighted by Gasteiger charge is -2.07. The molecule has 0 aromatic rings. The fourth-order valence-electron chi connectivity index (χ4n) is 0.502. The maximum Gasteiger partial charge on any atom is 0.0471 e. The largest absolute Gasteiger partial charge is 0.396 e. The van der Waals surface area contributed by atoms with Crippen molar-refractivity contribution in [2.24, 2.45) is 5.92 Å². The predicted molar refractivity (Wildman–Crippen MR) is 49.1 cm³/mol. The Morgan fingerprint density at radius 3 is 2.27 bits per heavy atom. The Kier molecular flexibility index (Phi) is 16.1. The maximum atomic E-state index is 8.61. The highest BCUT2D eigenvalue weighted by Gasteiger charge is 2.03. The lowest BCUT2D eigenvalue weighted by atomic mass is 10.1.